The minimum Gasteiger partial charge on any atom is -0.444 e. The van der Waals surface area contributed by atoms with Crippen LogP contribution in [0.4, 0.5) is 4.79 Å². The Balaban J connectivity index is 2.02. The zero-order valence-electron chi connectivity index (χ0n) is 14.8. The number of nitrogens with zero attached hydrogens (tertiary/aromatic N) is 1. The standard InChI is InChI=1S/C17H25NO4S2/c1-13-6-8-14(9-7-13)24(20,21)23-12-17(10-11-17)18(5)15(19)22-16(2,3)4/h6-9H,10-12H2,1-5H3. The summed E-state index contributed by atoms with van der Waals surface area (Å²) in [4.78, 5) is 14.1. The van der Waals surface area contributed by atoms with Gasteiger partial charge in [0, 0.05) is 12.8 Å². The zero-order valence-corrected chi connectivity index (χ0v) is 16.5. The number of ether oxygens (including phenoxy) is 1. The van der Waals surface area contributed by atoms with E-state index in [9.17, 15) is 13.2 Å². The smallest absolute Gasteiger partial charge is 0.410 e. The molecule has 5 nitrogen and oxygen atoms in total. The van der Waals surface area contributed by atoms with E-state index in [-0.39, 0.29) is 0 Å². The molecule has 0 spiro atoms. The van der Waals surface area contributed by atoms with E-state index in [1.165, 1.54) is 0 Å². The molecule has 1 aliphatic carbocycles. The van der Waals surface area contributed by atoms with Crippen molar-refractivity contribution in [1.82, 2.24) is 4.90 Å². The maximum absolute atomic E-state index is 12.5. The molecule has 0 atom stereocenters. The topological polar surface area (TPSA) is 63.7 Å². The Morgan fingerprint density at radius 3 is 2.25 bits per heavy atom. The predicted octanol–water partition coefficient (Wildman–Crippen LogP) is 3.82. The Hall–Kier alpha value is -1.21. The van der Waals surface area contributed by atoms with Gasteiger partial charge in [-0.25, -0.2) is 13.2 Å². The summed E-state index contributed by atoms with van der Waals surface area (Å²) in [5, 5.41) is 0. The van der Waals surface area contributed by atoms with Crippen molar-refractivity contribution in [3.8, 4) is 0 Å². The lowest BCUT2D eigenvalue weighted by Crippen LogP contribution is -2.43. The summed E-state index contributed by atoms with van der Waals surface area (Å²) in [5.74, 6) is 0.346. The van der Waals surface area contributed by atoms with Gasteiger partial charge in [0.05, 0.1) is 10.4 Å². The largest absolute Gasteiger partial charge is 0.444 e. The van der Waals surface area contributed by atoms with Crippen molar-refractivity contribution in [2.24, 2.45) is 0 Å². The van der Waals surface area contributed by atoms with Gasteiger partial charge in [-0.1, -0.05) is 17.7 Å². The molecular formula is C17H25NO4S2. The summed E-state index contributed by atoms with van der Waals surface area (Å²) < 4.78 is 30.3. The summed E-state index contributed by atoms with van der Waals surface area (Å²) in [6.45, 7) is 7.36. The van der Waals surface area contributed by atoms with Crippen LogP contribution in [-0.4, -0.2) is 43.4 Å². The highest BCUT2D eigenvalue weighted by atomic mass is 33.1. The Kier molecular flexibility index (Phi) is 5.25. The molecule has 24 heavy (non-hydrogen) atoms. The third kappa shape index (κ3) is 4.66. The van der Waals surface area contributed by atoms with Crippen LogP contribution in [0.15, 0.2) is 29.2 Å². The van der Waals surface area contributed by atoms with E-state index in [4.69, 9.17) is 4.74 Å². The normalized spacial score (nSPS) is 16.5. The van der Waals surface area contributed by atoms with Gasteiger partial charge < -0.3 is 9.64 Å². The second-order valence-electron chi connectivity index (χ2n) is 7.29. The molecule has 0 unspecified atom stereocenters. The molecule has 0 saturated heterocycles. The molecule has 2 rings (SSSR count). The van der Waals surface area contributed by atoms with E-state index in [1.54, 1.807) is 36.2 Å². The van der Waals surface area contributed by atoms with Crippen LogP contribution in [0.2, 0.25) is 0 Å². The van der Waals surface area contributed by atoms with E-state index in [2.05, 4.69) is 0 Å². The number of carbonyl (C=O) groups is 1. The Morgan fingerprint density at radius 2 is 1.79 bits per heavy atom. The van der Waals surface area contributed by atoms with Crippen LogP contribution < -0.4 is 0 Å². The van der Waals surface area contributed by atoms with E-state index in [0.717, 1.165) is 29.2 Å². The summed E-state index contributed by atoms with van der Waals surface area (Å²) in [5.41, 5.74) is 0.0232. The van der Waals surface area contributed by atoms with Gasteiger partial charge in [0.15, 0.2) is 0 Å². The number of hydrogen-bond acceptors (Lipinski definition) is 5. The van der Waals surface area contributed by atoms with E-state index < -0.39 is 26.1 Å². The highest BCUT2D eigenvalue weighted by Gasteiger charge is 2.50. The summed E-state index contributed by atoms with van der Waals surface area (Å²) >= 11 is 0. The van der Waals surface area contributed by atoms with Crippen LogP contribution >= 0.6 is 10.8 Å². The molecule has 1 saturated carbocycles. The van der Waals surface area contributed by atoms with Crippen LogP contribution in [0.5, 0.6) is 0 Å². The molecule has 0 aromatic heterocycles. The minimum atomic E-state index is -3.43. The first-order valence-electron chi connectivity index (χ1n) is 7.88. The van der Waals surface area contributed by atoms with Crippen LogP contribution in [0.25, 0.3) is 0 Å². The Morgan fingerprint density at radius 1 is 1.25 bits per heavy atom. The van der Waals surface area contributed by atoms with Crippen molar-refractivity contribution < 1.29 is 17.9 Å². The summed E-state index contributed by atoms with van der Waals surface area (Å²) in [6, 6.07) is 6.81. The zero-order chi connectivity index (χ0) is 18.2. The Bertz CT molecular complexity index is 701. The monoisotopic (exact) mass is 371 g/mol. The first-order chi connectivity index (χ1) is 11.0. The minimum absolute atomic E-state index is 0.300. The van der Waals surface area contributed by atoms with Gasteiger partial charge in [0.1, 0.15) is 5.60 Å². The van der Waals surface area contributed by atoms with Gasteiger partial charge in [0.2, 0.25) is 8.87 Å². The van der Waals surface area contributed by atoms with Gasteiger partial charge in [-0.05, 0) is 63.5 Å². The van der Waals surface area contributed by atoms with Crippen LogP contribution in [0, 0.1) is 6.92 Å². The molecule has 1 aromatic carbocycles. The van der Waals surface area contributed by atoms with Crippen LogP contribution in [0.3, 0.4) is 0 Å². The molecule has 0 N–H and O–H groups in total. The maximum Gasteiger partial charge on any atom is 0.410 e. The SMILES string of the molecule is Cc1ccc(S(=O)(=O)SCC2(N(C)C(=O)OC(C)(C)C)CC2)cc1. The van der Waals surface area contributed by atoms with Crippen molar-refractivity contribution in [1.29, 1.82) is 0 Å². The molecule has 134 valence electrons. The lowest BCUT2D eigenvalue weighted by atomic mass is 10.2. The molecule has 1 fully saturated rings. The number of carbonyl (C=O) groups excluding carboxylic acids is 1. The number of benzene rings is 1. The molecule has 0 heterocycles. The molecule has 1 aromatic rings. The lowest BCUT2D eigenvalue weighted by Gasteiger charge is -2.30. The van der Waals surface area contributed by atoms with Gasteiger partial charge in [0.25, 0.3) is 0 Å². The molecule has 1 aliphatic rings. The second kappa shape index (κ2) is 6.59. The molecule has 0 radical (unpaired) electrons. The molecule has 1 amide bonds. The second-order valence-corrected chi connectivity index (χ2v) is 11.2. The van der Waals surface area contributed by atoms with Gasteiger partial charge in [-0.3, -0.25) is 0 Å². The number of hydrogen-bond donors (Lipinski definition) is 0. The first-order valence-corrected chi connectivity index (χ1v) is 10.9. The molecule has 7 heteroatoms. The fourth-order valence-corrected chi connectivity index (χ4v) is 5.53. The number of amides is 1. The van der Waals surface area contributed by atoms with Gasteiger partial charge >= 0.3 is 6.09 Å². The quantitative estimate of drug-likeness (QED) is 0.736. The third-order valence-electron chi connectivity index (χ3n) is 4.00. The predicted molar refractivity (Wildman–Crippen MR) is 96.8 cm³/mol. The van der Waals surface area contributed by atoms with Crippen molar-refractivity contribution in [3.05, 3.63) is 29.8 Å². The summed E-state index contributed by atoms with van der Waals surface area (Å²) in [6.07, 6.45) is 1.17. The van der Waals surface area contributed by atoms with Gasteiger partial charge in [-0.15, -0.1) is 0 Å². The van der Waals surface area contributed by atoms with Crippen molar-refractivity contribution in [2.75, 3.05) is 12.8 Å². The van der Waals surface area contributed by atoms with E-state index >= 15 is 0 Å². The van der Waals surface area contributed by atoms with Crippen molar-refractivity contribution >= 4 is 25.8 Å². The fraction of sp³-hybridized carbons (Fsp3) is 0.588. The fourth-order valence-electron chi connectivity index (χ4n) is 2.21. The van der Waals surface area contributed by atoms with E-state index in [1.807, 2.05) is 27.7 Å². The lowest BCUT2D eigenvalue weighted by molar-refractivity contribution is 0.0216. The van der Waals surface area contributed by atoms with Gasteiger partial charge in [-0.2, -0.15) is 0 Å². The highest BCUT2D eigenvalue weighted by Crippen LogP contribution is 2.45. The average molecular weight is 372 g/mol. The number of rotatable bonds is 5. The molecular weight excluding hydrogens is 346 g/mol. The highest BCUT2D eigenvalue weighted by molar-refractivity contribution is 8.72. The van der Waals surface area contributed by atoms with E-state index in [0.29, 0.717) is 10.6 Å². The molecule has 0 bridgehead atoms. The maximum atomic E-state index is 12.5. The third-order valence-corrected chi connectivity index (χ3v) is 7.68. The Labute approximate surface area is 148 Å². The van der Waals surface area contributed by atoms with Crippen LogP contribution in [-0.2, 0) is 13.6 Å². The first kappa shape index (κ1) is 19.1. The molecule has 0 aliphatic heterocycles. The average Bonchev–Trinajstić information content (AvgIpc) is 3.24. The number of aryl methyl sites for hydroxylation is 1. The summed E-state index contributed by atoms with van der Waals surface area (Å²) in [7, 11) is -0.852. The van der Waals surface area contributed by atoms with Crippen molar-refractivity contribution in [3.63, 3.8) is 0 Å². The van der Waals surface area contributed by atoms with Crippen molar-refractivity contribution in [2.45, 2.75) is 56.6 Å². The van der Waals surface area contributed by atoms with Crippen LogP contribution in [0.1, 0.15) is 39.2 Å².